The van der Waals surface area contributed by atoms with Crippen LogP contribution < -0.4 is 16.0 Å². The Hall–Kier alpha value is -3.40. The average Bonchev–Trinajstić information content (AvgIpc) is 3.42. The zero-order valence-corrected chi connectivity index (χ0v) is 20.5. The average molecular weight is 496 g/mol. The highest BCUT2D eigenvalue weighted by molar-refractivity contribution is 6.07. The molecule has 3 aliphatic rings. The Morgan fingerprint density at radius 3 is 2.72 bits per heavy atom. The van der Waals surface area contributed by atoms with E-state index in [0.717, 1.165) is 49.0 Å². The summed E-state index contributed by atoms with van der Waals surface area (Å²) in [6.07, 6.45) is 7.21. The fourth-order valence-corrected chi connectivity index (χ4v) is 5.66. The van der Waals surface area contributed by atoms with E-state index in [1.165, 1.54) is 0 Å². The summed E-state index contributed by atoms with van der Waals surface area (Å²) in [6, 6.07) is 6.60. The van der Waals surface area contributed by atoms with E-state index in [1.807, 2.05) is 12.1 Å². The number of fused-ring (bicyclic) bond motifs is 2. The van der Waals surface area contributed by atoms with Gasteiger partial charge in [-0.25, -0.2) is 4.79 Å². The van der Waals surface area contributed by atoms with Crippen LogP contribution in [-0.4, -0.2) is 46.9 Å². The van der Waals surface area contributed by atoms with Crippen molar-refractivity contribution < 1.29 is 23.9 Å². The summed E-state index contributed by atoms with van der Waals surface area (Å²) in [7, 11) is 1.78. The summed E-state index contributed by atoms with van der Waals surface area (Å²) in [5.74, 6) is -0.269. The van der Waals surface area contributed by atoms with Crippen molar-refractivity contribution in [1.82, 2.24) is 15.1 Å². The predicted molar refractivity (Wildman–Crippen MR) is 132 cm³/mol. The first-order valence-electron chi connectivity index (χ1n) is 12.7. The van der Waals surface area contributed by atoms with Gasteiger partial charge in [-0.05, 0) is 55.4 Å². The monoisotopic (exact) mass is 495 g/mol. The van der Waals surface area contributed by atoms with Crippen molar-refractivity contribution in [2.45, 2.75) is 63.0 Å². The summed E-state index contributed by atoms with van der Waals surface area (Å²) in [5, 5.41) is 12.8. The Morgan fingerprint density at radius 2 is 2.00 bits per heavy atom. The minimum absolute atomic E-state index is 0.0119. The van der Waals surface area contributed by atoms with E-state index < -0.39 is 17.6 Å². The molecule has 3 amide bonds. The summed E-state index contributed by atoms with van der Waals surface area (Å²) in [4.78, 5) is 38.8. The number of hydrogen-bond acceptors (Lipinski definition) is 6. The zero-order chi connectivity index (χ0) is 25.1. The number of carbonyl (C=O) groups is 3. The normalized spacial score (nSPS) is 19.9. The topological polar surface area (TPSA) is 124 Å². The van der Waals surface area contributed by atoms with E-state index >= 15 is 0 Å². The van der Waals surface area contributed by atoms with Gasteiger partial charge in [-0.15, -0.1) is 0 Å². The molecule has 1 atom stereocenters. The molecule has 192 valence electrons. The first-order valence-corrected chi connectivity index (χ1v) is 12.7. The maximum absolute atomic E-state index is 13.4. The van der Waals surface area contributed by atoms with Crippen molar-refractivity contribution in [2.75, 3.05) is 23.8 Å². The minimum Gasteiger partial charge on any atom is -0.443 e. The molecule has 1 saturated heterocycles. The van der Waals surface area contributed by atoms with Crippen LogP contribution >= 0.6 is 0 Å². The third kappa shape index (κ3) is 4.82. The van der Waals surface area contributed by atoms with Gasteiger partial charge in [-0.2, -0.15) is 5.10 Å². The summed E-state index contributed by atoms with van der Waals surface area (Å²) < 4.78 is 12.5. The molecule has 36 heavy (non-hydrogen) atoms. The lowest BCUT2D eigenvalue weighted by atomic mass is 9.75. The second-order valence-electron chi connectivity index (χ2n) is 9.94. The highest BCUT2D eigenvalue weighted by Crippen LogP contribution is 2.45. The second kappa shape index (κ2) is 10.3. The lowest BCUT2D eigenvalue weighted by Gasteiger charge is -2.31. The number of ether oxygens (including phenoxy) is 2. The van der Waals surface area contributed by atoms with Crippen LogP contribution in [0.15, 0.2) is 30.5 Å². The highest BCUT2D eigenvalue weighted by Gasteiger charge is 2.47. The molecule has 1 aromatic heterocycles. The Morgan fingerprint density at radius 1 is 1.22 bits per heavy atom. The quantitative estimate of drug-likeness (QED) is 0.565. The summed E-state index contributed by atoms with van der Waals surface area (Å²) in [5.41, 5.74) is 2.45. The number of aryl methyl sites for hydroxylation is 1. The first-order chi connectivity index (χ1) is 17.5. The lowest BCUT2D eigenvalue weighted by Crippen LogP contribution is -2.49. The number of aromatic nitrogens is 2. The van der Waals surface area contributed by atoms with Gasteiger partial charge in [0.05, 0.1) is 11.1 Å². The maximum atomic E-state index is 13.4. The van der Waals surface area contributed by atoms with Crippen molar-refractivity contribution >= 4 is 29.3 Å². The van der Waals surface area contributed by atoms with Crippen LogP contribution in [-0.2, 0) is 38.1 Å². The fourth-order valence-electron chi connectivity index (χ4n) is 5.66. The van der Waals surface area contributed by atoms with Crippen LogP contribution in [0.2, 0.25) is 0 Å². The molecule has 1 saturated carbocycles. The molecule has 1 aliphatic carbocycles. The molecule has 2 aromatic rings. The molecule has 2 aliphatic heterocycles. The molecular formula is C26H33N5O5. The van der Waals surface area contributed by atoms with E-state index in [0.29, 0.717) is 31.7 Å². The third-order valence-corrected chi connectivity index (χ3v) is 7.78. The molecule has 10 heteroatoms. The fraction of sp³-hybridized carbons (Fsp3) is 0.538. The van der Waals surface area contributed by atoms with E-state index in [4.69, 9.17) is 9.47 Å². The Kier molecular flexibility index (Phi) is 6.95. The number of amides is 3. The maximum Gasteiger partial charge on any atom is 0.408 e. The van der Waals surface area contributed by atoms with Gasteiger partial charge in [0.25, 0.3) is 0 Å². The van der Waals surface area contributed by atoms with Crippen LogP contribution in [0.4, 0.5) is 16.2 Å². The first kappa shape index (κ1) is 24.3. The van der Waals surface area contributed by atoms with Crippen LogP contribution in [0.3, 0.4) is 0 Å². The molecule has 1 aromatic carbocycles. The van der Waals surface area contributed by atoms with Crippen molar-refractivity contribution in [1.29, 1.82) is 0 Å². The van der Waals surface area contributed by atoms with E-state index in [1.54, 1.807) is 30.1 Å². The van der Waals surface area contributed by atoms with Gasteiger partial charge in [0.1, 0.15) is 12.6 Å². The van der Waals surface area contributed by atoms with Crippen LogP contribution in [0.1, 0.15) is 56.2 Å². The number of hydrogen-bond donors (Lipinski definition) is 3. The number of anilines is 2. The number of rotatable bonds is 6. The molecule has 3 N–H and O–H groups in total. The standard InChI is InChI=1S/C26H33N5O5/c1-31-19(9-12-27-31)16-36-25(34)30-22(17-5-3-2-4-6-17)23(32)28-18-7-8-20-21(15-18)29-24(33)26(20)10-13-35-14-11-26/h7-9,12,15,17,22H,2-6,10-11,13-14,16H2,1H3,(H,28,32)(H,29,33)(H,30,34)/t22-/m0/s1. The zero-order valence-electron chi connectivity index (χ0n) is 20.5. The Labute approximate surface area is 210 Å². The second-order valence-corrected chi connectivity index (χ2v) is 9.94. The van der Waals surface area contributed by atoms with Crippen molar-refractivity contribution in [3.05, 3.63) is 41.7 Å². The van der Waals surface area contributed by atoms with Gasteiger partial charge in [-0.3, -0.25) is 14.3 Å². The molecule has 10 nitrogen and oxygen atoms in total. The Bertz CT molecular complexity index is 1130. The van der Waals surface area contributed by atoms with Crippen LogP contribution in [0.25, 0.3) is 0 Å². The molecule has 0 unspecified atom stereocenters. The highest BCUT2D eigenvalue weighted by atomic mass is 16.5. The molecule has 2 fully saturated rings. The molecule has 3 heterocycles. The van der Waals surface area contributed by atoms with Crippen LogP contribution in [0.5, 0.6) is 0 Å². The van der Waals surface area contributed by atoms with Gasteiger partial charge < -0.3 is 25.4 Å². The number of carbonyl (C=O) groups excluding carboxylic acids is 3. The predicted octanol–water partition coefficient (Wildman–Crippen LogP) is 3.23. The minimum atomic E-state index is -0.714. The van der Waals surface area contributed by atoms with Gasteiger partial charge >= 0.3 is 6.09 Å². The van der Waals surface area contributed by atoms with E-state index in [9.17, 15) is 14.4 Å². The van der Waals surface area contributed by atoms with Crippen molar-refractivity contribution in [3.63, 3.8) is 0 Å². The summed E-state index contributed by atoms with van der Waals surface area (Å²) in [6.45, 7) is 1.17. The summed E-state index contributed by atoms with van der Waals surface area (Å²) >= 11 is 0. The molecule has 0 bridgehead atoms. The number of nitrogens with one attached hydrogen (secondary N) is 3. The SMILES string of the molecule is Cn1nccc1COC(=O)N[C@H](C(=O)Nc1ccc2c(c1)NC(=O)C21CCOCC1)C1CCCCC1. The van der Waals surface area contributed by atoms with Crippen molar-refractivity contribution in [2.24, 2.45) is 13.0 Å². The van der Waals surface area contributed by atoms with Gasteiger partial charge in [0.2, 0.25) is 11.8 Å². The van der Waals surface area contributed by atoms with Gasteiger partial charge in [-0.1, -0.05) is 25.3 Å². The Balaban J connectivity index is 1.28. The van der Waals surface area contributed by atoms with Crippen molar-refractivity contribution in [3.8, 4) is 0 Å². The number of alkyl carbamates (subject to hydrolysis) is 1. The third-order valence-electron chi connectivity index (χ3n) is 7.78. The molecule has 0 radical (unpaired) electrons. The van der Waals surface area contributed by atoms with Gasteiger partial charge in [0, 0.05) is 37.8 Å². The number of benzene rings is 1. The number of nitrogens with zero attached hydrogens (tertiary/aromatic N) is 2. The largest absolute Gasteiger partial charge is 0.443 e. The molecule has 1 spiro atoms. The van der Waals surface area contributed by atoms with E-state index in [2.05, 4.69) is 21.0 Å². The molecular weight excluding hydrogens is 462 g/mol. The molecule has 5 rings (SSSR count). The smallest absolute Gasteiger partial charge is 0.408 e. The lowest BCUT2D eigenvalue weighted by molar-refractivity contribution is -0.124. The van der Waals surface area contributed by atoms with E-state index in [-0.39, 0.29) is 24.3 Å². The van der Waals surface area contributed by atoms with Gasteiger partial charge in [0.15, 0.2) is 0 Å². The van der Waals surface area contributed by atoms with Crippen LogP contribution in [0, 0.1) is 5.92 Å².